The predicted molar refractivity (Wildman–Crippen MR) is 97.3 cm³/mol. The molecule has 3 heteroatoms. The lowest BCUT2D eigenvalue weighted by atomic mass is 9.90. The smallest absolute Gasteiger partial charge is 0.227 e. The molecule has 2 unspecified atom stereocenters. The van der Waals surface area contributed by atoms with Crippen LogP contribution < -0.4 is 5.32 Å². The van der Waals surface area contributed by atoms with Crippen molar-refractivity contribution in [2.24, 2.45) is 5.92 Å². The third-order valence-electron chi connectivity index (χ3n) is 4.82. The summed E-state index contributed by atoms with van der Waals surface area (Å²) in [5.74, 6) is 0.341. The molecule has 0 aromatic heterocycles. The molecular weight excluding hydrogens is 296 g/mol. The second-order valence-corrected chi connectivity index (χ2v) is 6.66. The molecule has 0 radical (unpaired) electrons. The molecule has 1 aliphatic heterocycles. The summed E-state index contributed by atoms with van der Waals surface area (Å²) < 4.78 is 0. The third kappa shape index (κ3) is 4.24. The maximum atomic E-state index is 13.2. The highest BCUT2D eigenvalue weighted by molar-refractivity contribution is 5.79. The largest absolute Gasteiger partial charge is 0.334 e. The summed E-state index contributed by atoms with van der Waals surface area (Å²) in [6, 6.07) is 20.8. The van der Waals surface area contributed by atoms with E-state index in [1.807, 2.05) is 41.3 Å². The molecule has 1 aliphatic rings. The van der Waals surface area contributed by atoms with Gasteiger partial charge in [0.05, 0.1) is 5.92 Å². The highest BCUT2D eigenvalue weighted by Crippen LogP contribution is 2.22. The van der Waals surface area contributed by atoms with Crippen LogP contribution in [0, 0.1) is 5.92 Å². The first-order chi connectivity index (χ1) is 11.7. The zero-order valence-electron chi connectivity index (χ0n) is 14.3. The van der Waals surface area contributed by atoms with Gasteiger partial charge in [-0.25, -0.2) is 0 Å². The highest BCUT2D eigenvalue weighted by atomic mass is 16.2. The topological polar surface area (TPSA) is 32.3 Å². The van der Waals surface area contributed by atoms with Gasteiger partial charge in [-0.3, -0.25) is 4.79 Å². The van der Waals surface area contributed by atoms with Crippen molar-refractivity contribution in [2.45, 2.75) is 38.9 Å². The summed E-state index contributed by atoms with van der Waals surface area (Å²) in [5, 5.41) is 3.45. The molecule has 0 bridgehead atoms. The number of rotatable bonds is 5. The highest BCUT2D eigenvalue weighted by Gasteiger charge is 2.31. The number of carbonyl (C=O) groups excluding carboxylic acids is 1. The SMILES string of the molecule is CC1NCCCC1C(=O)N(Cc1ccccc1)Cc1ccccc1. The lowest BCUT2D eigenvalue weighted by Crippen LogP contribution is -2.47. The number of amides is 1. The normalized spacial score (nSPS) is 20.5. The Kier molecular flexibility index (Phi) is 5.65. The molecule has 3 rings (SSSR count). The van der Waals surface area contributed by atoms with Gasteiger partial charge in [0.15, 0.2) is 0 Å². The first-order valence-electron chi connectivity index (χ1n) is 8.84. The van der Waals surface area contributed by atoms with Crippen LogP contribution >= 0.6 is 0 Å². The first-order valence-corrected chi connectivity index (χ1v) is 8.84. The number of piperidine rings is 1. The van der Waals surface area contributed by atoms with Gasteiger partial charge in [-0.15, -0.1) is 0 Å². The third-order valence-corrected chi connectivity index (χ3v) is 4.82. The van der Waals surface area contributed by atoms with Gasteiger partial charge in [-0.1, -0.05) is 60.7 Å². The van der Waals surface area contributed by atoms with Crippen molar-refractivity contribution in [1.82, 2.24) is 10.2 Å². The molecule has 126 valence electrons. The Hall–Kier alpha value is -2.13. The van der Waals surface area contributed by atoms with Gasteiger partial charge >= 0.3 is 0 Å². The van der Waals surface area contributed by atoms with Gasteiger partial charge in [0, 0.05) is 19.1 Å². The zero-order valence-corrected chi connectivity index (χ0v) is 14.3. The van der Waals surface area contributed by atoms with Gasteiger partial charge < -0.3 is 10.2 Å². The molecule has 0 saturated carbocycles. The van der Waals surface area contributed by atoms with Crippen LogP contribution in [0.2, 0.25) is 0 Å². The van der Waals surface area contributed by atoms with E-state index in [0.29, 0.717) is 13.1 Å². The van der Waals surface area contributed by atoms with Gasteiger partial charge in [0.25, 0.3) is 0 Å². The minimum absolute atomic E-state index is 0.0752. The maximum absolute atomic E-state index is 13.2. The Morgan fingerprint density at radius 3 is 2.04 bits per heavy atom. The average molecular weight is 322 g/mol. The standard InChI is InChI=1S/C21H26N2O/c1-17-20(13-8-14-22-17)21(24)23(15-18-9-4-2-5-10-18)16-19-11-6-3-7-12-19/h2-7,9-12,17,20,22H,8,13-16H2,1H3. The van der Waals surface area contributed by atoms with Crippen molar-refractivity contribution in [3.8, 4) is 0 Å². The number of hydrogen-bond donors (Lipinski definition) is 1. The van der Waals surface area contributed by atoms with E-state index in [0.717, 1.165) is 19.4 Å². The molecule has 1 amide bonds. The Labute approximate surface area is 144 Å². The fourth-order valence-corrected chi connectivity index (χ4v) is 3.44. The second kappa shape index (κ2) is 8.11. The summed E-state index contributed by atoms with van der Waals surface area (Å²) in [6.07, 6.45) is 2.05. The van der Waals surface area contributed by atoms with Crippen LogP contribution in [-0.2, 0) is 17.9 Å². The van der Waals surface area contributed by atoms with Gasteiger partial charge in [-0.2, -0.15) is 0 Å². The summed E-state index contributed by atoms with van der Waals surface area (Å²) in [5.41, 5.74) is 2.36. The fourth-order valence-electron chi connectivity index (χ4n) is 3.44. The molecule has 2 atom stereocenters. The number of nitrogens with one attached hydrogen (secondary N) is 1. The molecule has 2 aromatic rings. The van der Waals surface area contributed by atoms with Crippen LogP contribution in [0.25, 0.3) is 0 Å². The van der Waals surface area contributed by atoms with Crippen molar-refractivity contribution < 1.29 is 4.79 Å². The molecule has 1 fully saturated rings. The lowest BCUT2D eigenvalue weighted by molar-refractivity contribution is -0.138. The molecule has 1 saturated heterocycles. The van der Waals surface area contributed by atoms with Gasteiger partial charge in [-0.05, 0) is 37.4 Å². The van der Waals surface area contributed by atoms with E-state index >= 15 is 0 Å². The lowest BCUT2D eigenvalue weighted by Gasteiger charge is -2.34. The van der Waals surface area contributed by atoms with E-state index in [-0.39, 0.29) is 17.9 Å². The monoisotopic (exact) mass is 322 g/mol. The Morgan fingerprint density at radius 1 is 1.00 bits per heavy atom. The van der Waals surface area contributed by atoms with Crippen LogP contribution in [0.15, 0.2) is 60.7 Å². The minimum atomic E-state index is 0.0752. The van der Waals surface area contributed by atoms with Crippen molar-refractivity contribution in [1.29, 1.82) is 0 Å². The number of carbonyl (C=O) groups is 1. The van der Waals surface area contributed by atoms with Crippen LogP contribution in [0.5, 0.6) is 0 Å². The molecule has 0 aliphatic carbocycles. The number of benzene rings is 2. The van der Waals surface area contributed by atoms with Crippen LogP contribution in [0.1, 0.15) is 30.9 Å². The summed E-state index contributed by atoms with van der Waals surface area (Å²) in [4.78, 5) is 15.2. The van der Waals surface area contributed by atoms with Gasteiger partial charge in [0.2, 0.25) is 5.91 Å². The van der Waals surface area contributed by atoms with E-state index in [2.05, 4.69) is 36.5 Å². The molecular formula is C21H26N2O. The van der Waals surface area contributed by atoms with E-state index < -0.39 is 0 Å². The van der Waals surface area contributed by atoms with Crippen LogP contribution in [-0.4, -0.2) is 23.4 Å². The summed E-state index contributed by atoms with van der Waals surface area (Å²) >= 11 is 0. The van der Waals surface area contributed by atoms with Crippen LogP contribution in [0.3, 0.4) is 0 Å². The molecule has 0 spiro atoms. The van der Waals surface area contributed by atoms with Gasteiger partial charge in [0.1, 0.15) is 0 Å². The Morgan fingerprint density at radius 2 is 1.54 bits per heavy atom. The molecule has 3 nitrogen and oxygen atoms in total. The van der Waals surface area contributed by atoms with Crippen LogP contribution in [0.4, 0.5) is 0 Å². The zero-order chi connectivity index (χ0) is 16.8. The Bertz CT molecular complexity index is 600. The second-order valence-electron chi connectivity index (χ2n) is 6.66. The average Bonchev–Trinajstić information content (AvgIpc) is 2.63. The fraction of sp³-hybridized carbons (Fsp3) is 0.381. The molecule has 1 heterocycles. The quantitative estimate of drug-likeness (QED) is 0.912. The van der Waals surface area contributed by atoms with E-state index in [1.165, 1.54) is 11.1 Å². The maximum Gasteiger partial charge on any atom is 0.227 e. The predicted octanol–water partition coefficient (Wildman–Crippen LogP) is 3.60. The van der Waals surface area contributed by atoms with E-state index in [9.17, 15) is 4.79 Å². The van der Waals surface area contributed by atoms with Crippen molar-refractivity contribution in [2.75, 3.05) is 6.54 Å². The van der Waals surface area contributed by atoms with E-state index in [4.69, 9.17) is 0 Å². The summed E-state index contributed by atoms with van der Waals surface area (Å²) in [7, 11) is 0. The molecule has 1 N–H and O–H groups in total. The minimum Gasteiger partial charge on any atom is -0.334 e. The molecule has 24 heavy (non-hydrogen) atoms. The van der Waals surface area contributed by atoms with Crippen molar-refractivity contribution >= 4 is 5.91 Å². The number of nitrogens with zero attached hydrogens (tertiary/aromatic N) is 1. The molecule has 2 aromatic carbocycles. The first kappa shape index (κ1) is 16.7. The summed E-state index contributed by atoms with van der Waals surface area (Å²) in [6.45, 7) is 4.48. The Balaban J connectivity index is 1.79. The van der Waals surface area contributed by atoms with Crippen molar-refractivity contribution in [3.05, 3.63) is 71.8 Å². The number of hydrogen-bond acceptors (Lipinski definition) is 2. The van der Waals surface area contributed by atoms with Crippen molar-refractivity contribution in [3.63, 3.8) is 0 Å². The van der Waals surface area contributed by atoms with E-state index in [1.54, 1.807) is 0 Å².